The standard InChI is InChI=1S/C15H22O2/c1-11-9-10-12-5-2-3-6-14(12)13(11)7-4-8-15(16)17/h5,9-11,13-14H,2-4,6-8H2,1H3,(H,16,17). The van der Waals surface area contributed by atoms with Crippen molar-refractivity contribution in [2.75, 3.05) is 0 Å². The highest BCUT2D eigenvalue weighted by Gasteiger charge is 2.31. The van der Waals surface area contributed by atoms with Gasteiger partial charge < -0.3 is 5.11 Å². The molecular formula is C15H22O2. The van der Waals surface area contributed by atoms with E-state index in [9.17, 15) is 4.79 Å². The van der Waals surface area contributed by atoms with Crippen molar-refractivity contribution in [1.29, 1.82) is 0 Å². The van der Waals surface area contributed by atoms with E-state index in [0.717, 1.165) is 12.8 Å². The lowest BCUT2D eigenvalue weighted by Gasteiger charge is -2.37. The maximum absolute atomic E-state index is 10.6. The van der Waals surface area contributed by atoms with Crippen LogP contribution in [-0.4, -0.2) is 11.1 Å². The fourth-order valence-electron chi connectivity index (χ4n) is 3.30. The molecule has 0 saturated carbocycles. The third-order valence-corrected chi connectivity index (χ3v) is 4.24. The molecular weight excluding hydrogens is 212 g/mol. The Kier molecular flexibility index (Phi) is 4.03. The minimum absolute atomic E-state index is 0.318. The molecule has 0 spiro atoms. The quantitative estimate of drug-likeness (QED) is 0.803. The summed E-state index contributed by atoms with van der Waals surface area (Å²) in [6.07, 6.45) is 13.0. The predicted molar refractivity (Wildman–Crippen MR) is 68.7 cm³/mol. The van der Waals surface area contributed by atoms with Gasteiger partial charge in [-0.15, -0.1) is 0 Å². The van der Waals surface area contributed by atoms with Gasteiger partial charge in [-0.3, -0.25) is 4.79 Å². The van der Waals surface area contributed by atoms with Gasteiger partial charge in [0.15, 0.2) is 0 Å². The molecule has 17 heavy (non-hydrogen) atoms. The third kappa shape index (κ3) is 2.99. The first-order valence-corrected chi connectivity index (χ1v) is 6.78. The maximum atomic E-state index is 10.6. The molecule has 0 aromatic rings. The van der Waals surface area contributed by atoms with E-state index in [-0.39, 0.29) is 0 Å². The summed E-state index contributed by atoms with van der Waals surface area (Å²) >= 11 is 0. The lowest BCUT2D eigenvalue weighted by atomic mass is 9.68. The van der Waals surface area contributed by atoms with Crippen molar-refractivity contribution in [3.05, 3.63) is 23.8 Å². The van der Waals surface area contributed by atoms with Crippen LogP contribution < -0.4 is 0 Å². The van der Waals surface area contributed by atoms with Crippen LogP contribution >= 0.6 is 0 Å². The zero-order chi connectivity index (χ0) is 12.3. The van der Waals surface area contributed by atoms with E-state index < -0.39 is 5.97 Å². The first-order chi connectivity index (χ1) is 8.18. The molecule has 0 radical (unpaired) electrons. The maximum Gasteiger partial charge on any atom is 0.303 e. The number of aliphatic carboxylic acids is 1. The molecule has 1 N–H and O–H groups in total. The van der Waals surface area contributed by atoms with E-state index in [1.807, 2.05) is 0 Å². The molecule has 2 nitrogen and oxygen atoms in total. The highest BCUT2D eigenvalue weighted by atomic mass is 16.4. The molecule has 0 aliphatic heterocycles. The minimum Gasteiger partial charge on any atom is -0.481 e. The van der Waals surface area contributed by atoms with Gasteiger partial charge in [0.05, 0.1) is 0 Å². The monoisotopic (exact) mass is 234 g/mol. The number of hydrogen-bond donors (Lipinski definition) is 1. The van der Waals surface area contributed by atoms with Gasteiger partial charge in [0, 0.05) is 6.42 Å². The van der Waals surface area contributed by atoms with Crippen LogP contribution in [0.5, 0.6) is 0 Å². The van der Waals surface area contributed by atoms with Gasteiger partial charge in [-0.05, 0) is 55.4 Å². The van der Waals surface area contributed by atoms with Crippen LogP contribution in [0, 0.1) is 17.8 Å². The molecule has 0 saturated heterocycles. The molecule has 3 unspecified atom stereocenters. The SMILES string of the molecule is CC1C=CC2=CCCCC2C1CCCC(=O)O. The summed E-state index contributed by atoms with van der Waals surface area (Å²) in [6.45, 7) is 2.27. The molecule has 0 bridgehead atoms. The van der Waals surface area contributed by atoms with Gasteiger partial charge in [0.25, 0.3) is 0 Å². The Bertz CT molecular complexity index is 341. The van der Waals surface area contributed by atoms with Crippen LogP contribution in [0.4, 0.5) is 0 Å². The predicted octanol–water partition coefficient (Wildman–Crippen LogP) is 3.79. The first-order valence-electron chi connectivity index (χ1n) is 6.78. The fraction of sp³-hybridized carbons (Fsp3) is 0.667. The molecule has 2 aliphatic rings. The molecule has 2 aliphatic carbocycles. The van der Waals surface area contributed by atoms with Gasteiger partial charge in [-0.1, -0.05) is 25.2 Å². The molecule has 0 heterocycles. The zero-order valence-electron chi connectivity index (χ0n) is 10.6. The van der Waals surface area contributed by atoms with Gasteiger partial charge in [-0.2, -0.15) is 0 Å². The van der Waals surface area contributed by atoms with Crippen molar-refractivity contribution in [3.8, 4) is 0 Å². The van der Waals surface area contributed by atoms with E-state index in [0.29, 0.717) is 24.2 Å². The van der Waals surface area contributed by atoms with Crippen molar-refractivity contribution in [3.63, 3.8) is 0 Å². The summed E-state index contributed by atoms with van der Waals surface area (Å²) in [5, 5.41) is 8.72. The highest BCUT2D eigenvalue weighted by molar-refractivity contribution is 5.66. The number of carboxylic acid groups (broad SMARTS) is 1. The Labute approximate surface area is 103 Å². The zero-order valence-corrected chi connectivity index (χ0v) is 10.6. The second-order valence-electron chi connectivity index (χ2n) is 5.41. The van der Waals surface area contributed by atoms with Crippen LogP contribution in [-0.2, 0) is 4.79 Å². The number of carboxylic acids is 1. The van der Waals surface area contributed by atoms with Gasteiger partial charge in [0.1, 0.15) is 0 Å². The Hall–Kier alpha value is -1.05. The van der Waals surface area contributed by atoms with E-state index in [2.05, 4.69) is 25.2 Å². The molecule has 0 aromatic carbocycles. The van der Waals surface area contributed by atoms with Crippen LogP contribution in [0.15, 0.2) is 23.8 Å². The van der Waals surface area contributed by atoms with Gasteiger partial charge >= 0.3 is 5.97 Å². The molecule has 94 valence electrons. The van der Waals surface area contributed by atoms with Crippen molar-refractivity contribution in [1.82, 2.24) is 0 Å². The van der Waals surface area contributed by atoms with E-state index in [1.165, 1.54) is 24.8 Å². The fourth-order valence-corrected chi connectivity index (χ4v) is 3.30. The second-order valence-corrected chi connectivity index (χ2v) is 5.41. The lowest BCUT2D eigenvalue weighted by Crippen LogP contribution is -2.27. The number of carbonyl (C=O) groups is 1. The van der Waals surface area contributed by atoms with Crippen LogP contribution in [0.3, 0.4) is 0 Å². The van der Waals surface area contributed by atoms with Gasteiger partial charge in [-0.25, -0.2) is 0 Å². The van der Waals surface area contributed by atoms with E-state index in [4.69, 9.17) is 5.11 Å². The van der Waals surface area contributed by atoms with Crippen molar-refractivity contribution >= 4 is 5.97 Å². The molecule has 0 amide bonds. The normalized spacial score (nSPS) is 31.8. The van der Waals surface area contributed by atoms with Crippen LogP contribution in [0.25, 0.3) is 0 Å². The summed E-state index contributed by atoms with van der Waals surface area (Å²) < 4.78 is 0. The van der Waals surface area contributed by atoms with Gasteiger partial charge in [0.2, 0.25) is 0 Å². The van der Waals surface area contributed by atoms with Crippen molar-refractivity contribution in [2.24, 2.45) is 17.8 Å². The summed E-state index contributed by atoms with van der Waals surface area (Å²) in [4.78, 5) is 10.6. The summed E-state index contributed by atoms with van der Waals surface area (Å²) in [5.41, 5.74) is 1.51. The largest absolute Gasteiger partial charge is 0.481 e. The van der Waals surface area contributed by atoms with Crippen LogP contribution in [0.2, 0.25) is 0 Å². The average molecular weight is 234 g/mol. The van der Waals surface area contributed by atoms with Crippen LogP contribution in [0.1, 0.15) is 45.4 Å². The topological polar surface area (TPSA) is 37.3 Å². The molecule has 2 rings (SSSR count). The Morgan fingerprint density at radius 3 is 3.12 bits per heavy atom. The van der Waals surface area contributed by atoms with E-state index in [1.54, 1.807) is 0 Å². The van der Waals surface area contributed by atoms with E-state index >= 15 is 0 Å². The molecule has 0 fully saturated rings. The number of hydrogen-bond acceptors (Lipinski definition) is 1. The minimum atomic E-state index is -0.664. The van der Waals surface area contributed by atoms with Crippen molar-refractivity contribution in [2.45, 2.75) is 45.4 Å². The first kappa shape index (κ1) is 12.4. The Morgan fingerprint density at radius 1 is 1.53 bits per heavy atom. The number of allylic oxidation sites excluding steroid dienone is 4. The lowest BCUT2D eigenvalue weighted by molar-refractivity contribution is -0.137. The molecule has 3 atom stereocenters. The third-order valence-electron chi connectivity index (χ3n) is 4.24. The summed E-state index contributed by atoms with van der Waals surface area (Å²) in [7, 11) is 0. The van der Waals surface area contributed by atoms with Crippen molar-refractivity contribution < 1.29 is 9.90 Å². The Morgan fingerprint density at radius 2 is 2.35 bits per heavy atom. The number of rotatable bonds is 4. The Balaban J connectivity index is 1.99. The average Bonchev–Trinajstić information content (AvgIpc) is 2.32. The molecule has 2 heteroatoms. The molecule has 0 aromatic heterocycles. The second kappa shape index (κ2) is 5.52. The number of fused-ring (bicyclic) bond motifs is 1. The summed E-state index contributed by atoms with van der Waals surface area (Å²) in [5.74, 6) is 1.29. The summed E-state index contributed by atoms with van der Waals surface area (Å²) in [6, 6.07) is 0. The smallest absolute Gasteiger partial charge is 0.303 e. The highest BCUT2D eigenvalue weighted by Crippen LogP contribution is 2.42.